The van der Waals surface area contributed by atoms with Crippen LogP contribution in [0.3, 0.4) is 0 Å². The molecule has 0 radical (unpaired) electrons. The fraction of sp³-hybridized carbons (Fsp3) is 0.667. The number of hydrogen-bond donors (Lipinski definition) is 1. The molecule has 2 heteroatoms. The Morgan fingerprint density at radius 2 is 2.00 bits per heavy atom. The van der Waals surface area contributed by atoms with Crippen LogP contribution in [0.4, 0.5) is 5.69 Å². The van der Waals surface area contributed by atoms with Crippen molar-refractivity contribution in [2.24, 2.45) is 11.8 Å². The molecule has 17 heavy (non-hydrogen) atoms. The van der Waals surface area contributed by atoms with Gasteiger partial charge in [-0.05, 0) is 43.2 Å². The van der Waals surface area contributed by atoms with E-state index in [4.69, 9.17) is 0 Å². The number of nitrogens with one attached hydrogen (secondary N) is 1. The van der Waals surface area contributed by atoms with Gasteiger partial charge in [0.1, 0.15) is 0 Å². The van der Waals surface area contributed by atoms with E-state index in [1.54, 1.807) is 0 Å². The molecule has 2 unspecified atom stereocenters. The summed E-state index contributed by atoms with van der Waals surface area (Å²) in [6.45, 7) is 6.79. The van der Waals surface area contributed by atoms with E-state index in [1.807, 2.05) is 12.4 Å². The standard InChI is InChI=1S/C15H24N2/c1-11(2)14-6-4-5-7-15(14)17-13-8-12(3)9-16-10-13/h8-11,14-15,17H,4-7H2,1-3H3. The maximum absolute atomic E-state index is 4.26. The number of aromatic nitrogens is 1. The largest absolute Gasteiger partial charge is 0.381 e. The first-order valence-electron chi connectivity index (χ1n) is 6.85. The quantitative estimate of drug-likeness (QED) is 0.851. The van der Waals surface area contributed by atoms with Crippen molar-refractivity contribution in [3.8, 4) is 0 Å². The van der Waals surface area contributed by atoms with Crippen LogP contribution in [0.5, 0.6) is 0 Å². The maximum atomic E-state index is 4.26. The Hall–Kier alpha value is -1.05. The normalized spacial score (nSPS) is 24.9. The van der Waals surface area contributed by atoms with Crippen LogP contribution in [0.15, 0.2) is 18.5 Å². The number of nitrogens with zero attached hydrogens (tertiary/aromatic N) is 1. The molecule has 1 fully saturated rings. The Morgan fingerprint density at radius 1 is 1.24 bits per heavy atom. The van der Waals surface area contributed by atoms with Crippen molar-refractivity contribution in [3.63, 3.8) is 0 Å². The monoisotopic (exact) mass is 232 g/mol. The molecule has 0 aliphatic heterocycles. The molecule has 0 aromatic carbocycles. The van der Waals surface area contributed by atoms with Gasteiger partial charge < -0.3 is 5.32 Å². The van der Waals surface area contributed by atoms with Crippen LogP contribution in [0.25, 0.3) is 0 Å². The summed E-state index contributed by atoms with van der Waals surface area (Å²) >= 11 is 0. The van der Waals surface area contributed by atoms with E-state index < -0.39 is 0 Å². The Balaban J connectivity index is 2.05. The lowest BCUT2D eigenvalue weighted by Gasteiger charge is -2.35. The maximum Gasteiger partial charge on any atom is 0.0531 e. The average Bonchev–Trinajstić information content (AvgIpc) is 2.29. The molecular weight excluding hydrogens is 208 g/mol. The molecule has 0 spiro atoms. The van der Waals surface area contributed by atoms with Crippen LogP contribution in [0.1, 0.15) is 45.1 Å². The molecule has 0 amide bonds. The first-order chi connectivity index (χ1) is 8.16. The van der Waals surface area contributed by atoms with Crippen molar-refractivity contribution < 1.29 is 0 Å². The van der Waals surface area contributed by atoms with Gasteiger partial charge in [0, 0.05) is 18.4 Å². The molecule has 1 aliphatic rings. The van der Waals surface area contributed by atoms with Crippen LogP contribution in [-0.2, 0) is 0 Å². The molecule has 1 aromatic rings. The SMILES string of the molecule is Cc1cncc(NC2CCCCC2C(C)C)c1. The summed E-state index contributed by atoms with van der Waals surface area (Å²) in [5.74, 6) is 1.58. The average molecular weight is 232 g/mol. The van der Waals surface area contributed by atoms with Gasteiger partial charge in [-0.2, -0.15) is 0 Å². The van der Waals surface area contributed by atoms with Crippen LogP contribution < -0.4 is 5.32 Å². The molecular formula is C15H24N2. The summed E-state index contributed by atoms with van der Waals surface area (Å²) in [6.07, 6.45) is 9.28. The van der Waals surface area contributed by atoms with Gasteiger partial charge in [0.15, 0.2) is 0 Å². The van der Waals surface area contributed by atoms with E-state index in [9.17, 15) is 0 Å². The van der Waals surface area contributed by atoms with Crippen LogP contribution in [0, 0.1) is 18.8 Å². The molecule has 0 bridgehead atoms. The van der Waals surface area contributed by atoms with Gasteiger partial charge in [0.25, 0.3) is 0 Å². The summed E-state index contributed by atoms with van der Waals surface area (Å²) in [6, 6.07) is 2.83. The van der Waals surface area contributed by atoms with Gasteiger partial charge in [0.2, 0.25) is 0 Å². The minimum Gasteiger partial charge on any atom is -0.381 e. The van der Waals surface area contributed by atoms with Crippen molar-refractivity contribution in [2.75, 3.05) is 5.32 Å². The predicted octanol–water partition coefficient (Wildman–Crippen LogP) is 4.02. The number of aryl methyl sites for hydroxylation is 1. The van der Waals surface area contributed by atoms with Crippen molar-refractivity contribution in [3.05, 3.63) is 24.0 Å². The first-order valence-corrected chi connectivity index (χ1v) is 6.85. The molecule has 0 saturated heterocycles. The zero-order valence-corrected chi connectivity index (χ0v) is 11.2. The lowest BCUT2D eigenvalue weighted by atomic mass is 9.78. The highest BCUT2D eigenvalue weighted by molar-refractivity contribution is 5.43. The van der Waals surface area contributed by atoms with Crippen molar-refractivity contribution in [1.29, 1.82) is 0 Å². The summed E-state index contributed by atoms with van der Waals surface area (Å²) in [7, 11) is 0. The minimum absolute atomic E-state index is 0.632. The van der Waals surface area contributed by atoms with Crippen LogP contribution in [0.2, 0.25) is 0 Å². The Labute approximate surface area is 105 Å². The molecule has 94 valence electrons. The summed E-state index contributed by atoms with van der Waals surface area (Å²) in [5, 5.41) is 3.69. The zero-order valence-electron chi connectivity index (χ0n) is 11.2. The zero-order chi connectivity index (χ0) is 12.3. The molecule has 2 rings (SSSR count). The Morgan fingerprint density at radius 3 is 2.71 bits per heavy atom. The van der Waals surface area contributed by atoms with E-state index in [1.165, 1.54) is 36.9 Å². The highest BCUT2D eigenvalue weighted by Gasteiger charge is 2.27. The number of hydrogen-bond acceptors (Lipinski definition) is 2. The fourth-order valence-corrected chi connectivity index (χ4v) is 2.98. The fourth-order valence-electron chi connectivity index (χ4n) is 2.98. The lowest BCUT2D eigenvalue weighted by Crippen LogP contribution is -2.35. The number of anilines is 1. The third kappa shape index (κ3) is 3.21. The van der Waals surface area contributed by atoms with Crippen molar-refractivity contribution in [2.45, 2.75) is 52.5 Å². The molecule has 1 aliphatic carbocycles. The highest BCUT2D eigenvalue weighted by Crippen LogP contribution is 2.32. The molecule has 1 aromatic heterocycles. The van der Waals surface area contributed by atoms with Crippen molar-refractivity contribution >= 4 is 5.69 Å². The second-order valence-corrected chi connectivity index (χ2v) is 5.69. The van der Waals surface area contributed by atoms with Gasteiger partial charge in [-0.3, -0.25) is 4.98 Å². The predicted molar refractivity (Wildman–Crippen MR) is 73.2 cm³/mol. The first kappa shape index (κ1) is 12.4. The smallest absolute Gasteiger partial charge is 0.0531 e. The second kappa shape index (κ2) is 5.52. The van der Waals surface area contributed by atoms with Gasteiger partial charge >= 0.3 is 0 Å². The van der Waals surface area contributed by atoms with Crippen molar-refractivity contribution in [1.82, 2.24) is 4.98 Å². The number of rotatable bonds is 3. The summed E-state index contributed by atoms with van der Waals surface area (Å²) in [4.78, 5) is 4.26. The highest BCUT2D eigenvalue weighted by atomic mass is 14.9. The van der Waals surface area contributed by atoms with Gasteiger partial charge in [-0.1, -0.05) is 26.7 Å². The summed E-state index contributed by atoms with van der Waals surface area (Å²) in [5.41, 5.74) is 2.41. The number of pyridine rings is 1. The van der Waals surface area contributed by atoms with E-state index >= 15 is 0 Å². The van der Waals surface area contributed by atoms with Crippen LogP contribution >= 0.6 is 0 Å². The summed E-state index contributed by atoms with van der Waals surface area (Å²) < 4.78 is 0. The second-order valence-electron chi connectivity index (χ2n) is 5.69. The van der Waals surface area contributed by atoms with Crippen LogP contribution in [-0.4, -0.2) is 11.0 Å². The minimum atomic E-state index is 0.632. The van der Waals surface area contributed by atoms with Gasteiger partial charge in [-0.25, -0.2) is 0 Å². The van der Waals surface area contributed by atoms with E-state index in [0.717, 1.165) is 11.8 Å². The van der Waals surface area contributed by atoms with E-state index in [0.29, 0.717) is 6.04 Å². The lowest BCUT2D eigenvalue weighted by molar-refractivity contribution is 0.254. The molecule has 1 heterocycles. The third-order valence-electron chi connectivity index (χ3n) is 3.90. The molecule has 1 N–H and O–H groups in total. The molecule has 1 saturated carbocycles. The molecule has 2 nitrogen and oxygen atoms in total. The Bertz CT molecular complexity index is 360. The van der Waals surface area contributed by atoms with E-state index in [-0.39, 0.29) is 0 Å². The molecule has 2 atom stereocenters. The van der Waals surface area contributed by atoms with E-state index in [2.05, 4.69) is 37.1 Å². The topological polar surface area (TPSA) is 24.9 Å². The third-order valence-corrected chi connectivity index (χ3v) is 3.90. The van der Waals surface area contributed by atoms with Gasteiger partial charge in [-0.15, -0.1) is 0 Å². The Kier molecular flexibility index (Phi) is 4.03. The van der Waals surface area contributed by atoms with Gasteiger partial charge in [0.05, 0.1) is 5.69 Å².